The molecule has 0 amide bonds. The van der Waals surface area contributed by atoms with Crippen molar-refractivity contribution in [3.8, 4) is 0 Å². The molecule has 1 fully saturated rings. The number of benzene rings is 3. The lowest BCUT2D eigenvalue weighted by molar-refractivity contribution is 1.26. The third-order valence-electron chi connectivity index (χ3n) is 4.10. The molecular weight excluding hydrogens is 455 g/mol. The zero-order valence-electron chi connectivity index (χ0n) is 14.0. The summed E-state index contributed by atoms with van der Waals surface area (Å²) in [5, 5.41) is 2.31. The zero-order chi connectivity index (χ0) is 18.8. The van der Waals surface area contributed by atoms with Gasteiger partial charge in [-0.15, -0.1) is 35.3 Å². The van der Waals surface area contributed by atoms with Gasteiger partial charge < -0.3 is 0 Å². The molecule has 0 saturated carbocycles. The van der Waals surface area contributed by atoms with Gasteiger partial charge in [0.2, 0.25) is 0 Å². The van der Waals surface area contributed by atoms with Crippen LogP contribution in [0.15, 0.2) is 72.8 Å². The van der Waals surface area contributed by atoms with E-state index in [2.05, 4.69) is 36.4 Å². The van der Waals surface area contributed by atoms with Gasteiger partial charge in [0, 0.05) is 15.1 Å². The molecule has 0 atom stereocenters. The molecule has 0 aromatic heterocycles. The molecule has 3 aromatic rings. The first kappa shape index (κ1) is 19.9. The van der Waals surface area contributed by atoms with Crippen molar-refractivity contribution in [2.45, 2.75) is 13.7 Å². The van der Waals surface area contributed by atoms with Gasteiger partial charge in [-0.3, -0.25) is 0 Å². The molecular formula is C21H15Cl3S3. The summed E-state index contributed by atoms with van der Waals surface area (Å²) < 4.78 is 0.828. The second-order valence-electron chi connectivity index (χ2n) is 6.07. The van der Waals surface area contributed by atoms with Crippen LogP contribution < -0.4 is 0 Å². The highest BCUT2D eigenvalue weighted by Crippen LogP contribution is 2.66. The average molecular weight is 470 g/mol. The third-order valence-corrected chi connectivity index (χ3v) is 9.93. The van der Waals surface area contributed by atoms with E-state index < -0.39 is 0 Å². The minimum atomic E-state index is 0.276. The molecule has 4 rings (SSSR count). The first-order valence-corrected chi connectivity index (χ1v) is 12.3. The van der Waals surface area contributed by atoms with Crippen LogP contribution in [0.4, 0.5) is 0 Å². The summed E-state index contributed by atoms with van der Waals surface area (Å²) in [4.78, 5) is 0. The normalized spacial score (nSPS) is 22.6. The van der Waals surface area contributed by atoms with E-state index in [0.29, 0.717) is 0 Å². The van der Waals surface area contributed by atoms with E-state index in [4.69, 9.17) is 34.8 Å². The molecule has 1 aliphatic rings. The van der Waals surface area contributed by atoms with Gasteiger partial charge in [0.05, 0.1) is 13.7 Å². The monoisotopic (exact) mass is 468 g/mol. The predicted molar refractivity (Wildman–Crippen MR) is 125 cm³/mol. The van der Waals surface area contributed by atoms with E-state index in [1.54, 1.807) is 0 Å². The minimum Gasteiger partial charge on any atom is -0.123 e. The molecule has 0 spiro atoms. The van der Waals surface area contributed by atoms with Gasteiger partial charge in [0.15, 0.2) is 0 Å². The topological polar surface area (TPSA) is 0 Å². The van der Waals surface area contributed by atoms with E-state index in [-0.39, 0.29) is 13.7 Å². The summed E-state index contributed by atoms with van der Waals surface area (Å²) in [6.07, 6.45) is 0. The first-order valence-electron chi connectivity index (χ1n) is 8.31. The van der Waals surface area contributed by atoms with E-state index >= 15 is 0 Å². The van der Waals surface area contributed by atoms with Crippen LogP contribution in [0.25, 0.3) is 0 Å². The lowest BCUT2D eigenvalue weighted by Gasteiger charge is -2.34. The van der Waals surface area contributed by atoms with Crippen molar-refractivity contribution in [2.24, 2.45) is 0 Å². The van der Waals surface area contributed by atoms with Crippen molar-refractivity contribution in [3.05, 3.63) is 105 Å². The van der Waals surface area contributed by atoms with Gasteiger partial charge >= 0.3 is 0 Å². The Morgan fingerprint density at radius 1 is 0.481 bits per heavy atom. The van der Waals surface area contributed by atoms with E-state index in [0.717, 1.165) is 15.1 Å². The molecule has 138 valence electrons. The molecule has 0 aliphatic carbocycles. The fourth-order valence-electron chi connectivity index (χ4n) is 2.86. The number of hydrogen-bond donors (Lipinski definition) is 0. The molecule has 6 heteroatoms. The van der Waals surface area contributed by atoms with Crippen molar-refractivity contribution in [3.63, 3.8) is 0 Å². The molecule has 0 radical (unpaired) electrons. The third kappa shape index (κ3) is 4.95. The van der Waals surface area contributed by atoms with Crippen molar-refractivity contribution in [1.29, 1.82) is 0 Å². The molecule has 0 nitrogen and oxygen atoms in total. The fraction of sp³-hybridized carbons (Fsp3) is 0.143. The summed E-state index contributed by atoms with van der Waals surface area (Å²) in [6, 6.07) is 24.4. The van der Waals surface area contributed by atoms with Crippen molar-refractivity contribution >= 4 is 70.1 Å². The molecule has 0 bridgehead atoms. The molecule has 27 heavy (non-hydrogen) atoms. The predicted octanol–water partition coefficient (Wildman–Crippen LogP) is 9.26. The van der Waals surface area contributed by atoms with Gasteiger partial charge in [-0.05, 0) is 53.1 Å². The highest BCUT2D eigenvalue weighted by Gasteiger charge is 2.33. The van der Waals surface area contributed by atoms with Crippen molar-refractivity contribution in [2.75, 3.05) is 0 Å². The summed E-state index contributed by atoms with van der Waals surface area (Å²) in [6.45, 7) is 0. The highest BCUT2D eigenvalue weighted by molar-refractivity contribution is 8.32. The van der Waals surface area contributed by atoms with Crippen LogP contribution in [0, 0.1) is 0 Å². The van der Waals surface area contributed by atoms with E-state index in [1.807, 2.05) is 71.7 Å². The Morgan fingerprint density at radius 2 is 0.778 bits per heavy atom. The Balaban J connectivity index is 1.70. The smallest absolute Gasteiger partial charge is 0.0780 e. The van der Waals surface area contributed by atoms with Crippen LogP contribution >= 0.6 is 70.1 Å². The summed E-state index contributed by atoms with van der Waals surface area (Å²) in [7, 11) is 0. The lowest BCUT2D eigenvalue weighted by Crippen LogP contribution is -2.06. The Morgan fingerprint density at radius 3 is 1.04 bits per heavy atom. The van der Waals surface area contributed by atoms with Gasteiger partial charge in [0.25, 0.3) is 0 Å². The lowest BCUT2D eigenvalue weighted by atomic mass is 10.2. The largest absolute Gasteiger partial charge is 0.123 e. The summed E-state index contributed by atoms with van der Waals surface area (Å²) in [5.41, 5.74) is 3.70. The van der Waals surface area contributed by atoms with E-state index in [1.165, 1.54) is 16.7 Å². The Hall–Kier alpha value is -0.420. The maximum Gasteiger partial charge on any atom is 0.0780 e. The average Bonchev–Trinajstić information content (AvgIpc) is 2.68. The van der Waals surface area contributed by atoms with Gasteiger partial charge in [0.1, 0.15) is 0 Å². The van der Waals surface area contributed by atoms with Gasteiger partial charge in [-0.2, -0.15) is 0 Å². The summed E-state index contributed by atoms with van der Waals surface area (Å²) in [5.74, 6) is 0. The second kappa shape index (κ2) is 8.94. The Labute approximate surface area is 187 Å². The number of rotatable bonds is 3. The number of hydrogen-bond acceptors (Lipinski definition) is 3. The Kier molecular flexibility index (Phi) is 6.58. The molecule has 1 heterocycles. The molecule has 3 aromatic carbocycles. The quantitative estimate of drug-likeness (QED) is 0.375. The standard InChI is InChI=1S/C21H15Cl3S3/c22-16-7-1-4-13(10-16)19-25-20(14-5-2-8-17(23)11-14)27-21(26-19)15-6-3-9-18(24)12-15/h1-12,19-21H. The molecule has 1 saturated heterocycles. The van der Waals surface area contributed by atoms with Crippen molar-refractivity contribution < 1.29 is 0 Å². The van der Waals surface area contributed by atoms with Gasteiger partial charge in [-0.25, -0.2) is 0 Å². The fourth-order valence-corrected chi connectivity index (χ4v) is 9.36. The van der Waals surface area contributed by atoms with Crippen molar-refractivity contribution in [1.82, 2.24) is 0 Å². The van der Waals surface area contributed by atoms with Crippen LogP contribution in [0.2, 0.25) is 15.1 Å². The Bertz CT molecular complexity index is 819. The summed E-state index contributed by atoms with van der Waals surface area (Å²) >= 11 is 24.6. The molecule has 0 N–H and O–H groups in total. The van der Waals surface area contributed by atoms with Crippen LogP contribution in [0.3, 0.4) is 0 Å². The molecule has 1 aliphatic heterocycles. The maximum atomic E-state index is 6.25. The van der Waals surface area contributed by atoms with Crippen LogP contribution in [0.5, 0.6) is 0 Å². The highest BCUT2D eigenvalue weighted by atomic mass is 35.5. The minimum absolute atomic E-state index is 0.276. The maximum absolute atomic E-state index is 6.25. The first-order chi connectivity index (χ1) is 13.1. The SMILES string of the molecule is Clc1cccc(C2SC(c3cccc(Cl)c3)SC(c3cccc(Cl)c3)S2)c1. The zero-order valence-corrected chi connectivity index (χ0v) is 18.7. The number of thioether (sulfide) groups is 3. The van der Waals surface area contributed by atoms with Gasteiger partial charge in [-0.1, -0.05) is 71.2 Å². The van der Waals surface area contributed by atoms with Crippen LogP contribution in [-0.2, 0) is 0 Å². The second-order valence-corrected chi connectivity index (χ2v) is 11.9. The van der Waals surface area contributed by atoms with E-state index in [9.17, 15) is 0 Å². The molecule has 0 unspecified atom stereocenters. The van der Waals surface area contributed by atoms with Crippen LogP contribution in [0.1, 0.15) is 30.4 Å². The number of halogens is 3. The van der Waals surface area contributed by atoms with Crippen LogP contribution in [-0.4, -0.2) is 0 Å².